The van der Waals surface area contributed by atoms with Crippen molar-refractivity contribution in [3.63, 3.8) is 0 Å². The molecular formula is C23H26N3O+. The van der Waals surface area contributed by atoms with Crippen molar-refractivity contribution in [2.75, 3.05) is 26.2 Å². The molecule has 1 aliphatic heterocycles. The highest BCUT2D eigenvalue weighted by Gasteiger charge is 2.20. The summed E-state index contributed by atoms with van der Waals surface area (Å²) < 4.78 is 0. The molecular weight excluding hydrogens is 334 g/mol. The van der Waals surface area contributed by atoms with E-state index in [2.05, 4.69) is 47.5 Å². The van der Waals surface area contributed by atoms with E-state index >= 15 is 0 Å². The Morgan fingerprint density at radius 3 is 2.48 bits per heavy atom. The third-order valence-corrected chi connectivity index (χ3v) is 5.35. The van der Waals surface area contributed by atoms with Crippen LogP contribution in [0.3, 0.4) is 0 Å². The third-order valence-electron chi connectivity index (χ3n) is 5.35. The van der Waals surface area contributed by atoms with Gasteiger partial charge in [-0.25, -0.2) is 0 Å². The average Bonchev–Trinajstić information content (AvgIpc) is 2.70. The summed E-state index contributed by atoms with van der Waals surface area (Å²) in [5.74, 6) is 0.291. The van der Waals surface area contributed by atoms with Gasteiger partial charge in [0.1, 0.15) is 12.3 Å². The molecule has 1 heterocycles. The van der Waals surface area contributed by atoms with Crippen LogP contribution < -0.4 is 4.90 Å². The number of nitrogens with zero attached hydrogens (tertiary/aromatic N) is 2. The number of rotatable bonds is 4. The quantitative estimate of drug-likeness (QED) is 0.703. The van der Waals surface area contributed by atoms with Crippen LogP contribution in [-0.4, -0.2) is 42.0 Å². The summed E-state index contributed by atoms with van der Waals surface area (Å²) in [6.45, 7) is 7.03. The predicted octanol–water partition coefficient (Wildman–Crippen LogP) is 2.67. The molecule has 27 heavy (non-hydrogen) atoms. The Bertz CT molecular complexity index is 953. The van der Waals surface area contributed by atoms with Crippen molar-refractivity contribution in [3.8, 4) is 5.75 Å². The highest BCUT2D eigenvalue weighted by Crippen LogP contribution is 2.18. The van der Waals surface area contributed by atoms with Gasteiger partial charge in [0.2, 0.25) is 0 Å². The van der Waals surface area contributed by atoms with Gasteiger partial charge in [0.05, 0.1) is 31.9 Å². The van der Waals surface area contributed by atoms with Crippen LogP contribution in [0.4, 0.5) is 0 Å². The van der Waals surface area contributed by atoms with Crippen molar-refractivity contribution in [1.82, 2.24) is 5.01 Å². The van der Waals surface area contributed by atoms with Crippen molar-refractivity contribution in [2.45, 2.75) is 13.5 Å². The molecule has 2 N–H and O–H groups in total. The number of hydrogen-bond acceptors (Lipinski definition) is 3. The Hall–Kier alpha value is -2.85. The highest BCUT2D eigenvalue weighted by atomic mass is 16.3. The number of para-hydroxylation sites is 1. The Balaban J connectivity index is 1.40. The van der Waals surface area contributed by atoms with Crippen LogP contribution in [0.1, 0.15) is 18.1 Å². The summed E-state index contributed by atoms with van der Waals surface area (Å²) in [6.07, 6.45) is 0. The Kier molecular flexibility index (Phi) is 5.07. The normalized spacial score (nSPS) is 16.0. The smallest absolute Gasteiger partial charge is 0.124 e. The molecule has 3 aromatic carbocycles. The summed E-state index contributed by atoms with van der Waals surface area (Å²) in [5, 5.41) is 19.5. The Labute approximate surface area is 160 Å². The molecule has 4 heteroatoms. The molecule has 0 spiro atoms. The first-order valence-electron chi connectivity index (χ1n) is 9.59. The van der Waals surface area contributed by atoms with Gasteiger partial charge in [-0.2, -0.15) is 5.10 Å². The van der Waals surface area contributed by atoms with Crippen molar-refractivity contribution < 1.29 is 10.0 Å². The van der Waals surface area contributed by atoms with Crippen molar-refractivity contribution in [1.29, 1.82) is 0 Å². The van der Waals surface area contributed by atoms with Crippen LogP contribution in [0.5, 0.6) is 5.75 Å². The second kappa shape index (κ2) is 7.80. The first kappa shape index (κ1) is 17.6. The number of aromatic hydroxyl groups is 1. The summed E-state index contributed by atoms with van der Waals surface area (Å²) in [5.41, 5.74) is 3.10. The van der Waals surface area contributed by atoms with Crippen molar-refractivity contribution >= 4 is 16.5 Å². The number of nitrogens with one attached hydrogen (secondary N) is 1. The lowest BCUT2D eigenvalue weighted by Crippen LogP contribution is -3.13. The Morgan fingerprint density at radius 2 is 1.67 bits per heavy atom. The standard InChI is InChI=1S/C23H25N3O/c1-18(21-10-4-5-12-23(21)27)24-26-15-13-25(14-16-26)17-20-9-6-8-19-7-2-3-11-22(19)20/h2-12,27H,13-17H2,1H3/p+1/b24-18+. The zero-order valence-corrected chi connectivity index (χ0v) is 15.7. The average molecular weight is 360 g/mol. The maximum atomic E-state index is 10.00. The van der Waals surface area contributed by atoms with Gasteiger partial charge in [-0.1, -0.05) is 54.6 Å². The SMILES string of the molecule is C/C(=N\N1CC[NH+](Cc2cccc3ccccc23)CC1)c1ccccc1O. The number of phenols is 1. The molecule has 4 nitrogen and oxygen atoms in total. The molecule has 1 fully saturated rings. The molecule has 0 amide bonds. The second-order valence-corrected chi connectivity index (χ2v) is 7.22. The number of hydrogen-bond donors (Lipinski definition) is 2. The van der Waals surface area contributed by atoms with E-state index in [1.165, 1.54) is 16.3 Å². The summed E-state index contributed by atoms with van der Waals surface area (Å²) >= 11 is 0. The second-order valence-electron chi connectivity index (χ2n) is 7.22. The van der Waals surface area contributed by atoms with E-state index < -0.39 is 0 Å². The van der Waals surface area contributed by atoms with Crippen LogP contribution in [-0.2, 0) is 6.54 Å². The third kappa shape index (κ3) is 3.96. The van der Waals surface area contributed by atoms with Gasteiger partial charge in [-0.15, -0.1) is 0 Å². The van der Waals surface area contributed by atoms with E-state index in [-0.39, 0.29) is 0 Å². The van der Waals surface area contributed by atoms with E-state index in [0.29, 0.717) is 5.75 Å². The molecule has 4 rings (SSSR count). The van der Waals surface area contributed by atoms with Crippen LogP contribution in [0, 0.1) is 0 Å². The zero-order valence-electron chi connectivity index (χ0n) is 15.7. The highest BCUT2D eigenvalue weighted by molar-refractivity contribution is 6.00. The fourth-order valence-corrected chi connectivity index (χ4v) is 3.85. The van der Waals surface area contributed by atoms with Gasteiger partial charge in [-0.3, -0.25) is 5.01 Å². The van der Waals surface area contributed by atoms with Gasteiger partial charge in [0.15, 0.2) is 0 Å². The lowest BCUT2D eigenvalue weighted by Gasteiger charge is -2.31. The molecule has 3 aromatic rings. The number of quaternary nitrogens is 1. The van der Waals surface area contributed by atoms with Gasteiger partial charge < -0.3 is 10.0 Å². The number of benzene rings is 3. The molecule has 0 saturated carbocycles. The molecule has 1 aliphatic rings. The number of hydrazone groups is 1. The van der Waals surface area contributed by atoms with Gasteiger partial charge >= 0.3 is 0 Å². The van der Waals surface area contributed by atoms with E-state index in [0.717, 1.165) is 44.0 Å². The van der Waals surface area contributed by atoms with Crippen LogP contribution >= 0.6 is 0 Å². The van der Waals surface area contributed by atoms with Gasteiger partial charge in [-0.05, 0) is 29.8 Å². The van der Waals surface area contributed by atoms with Crippen molar-refractivity contribution in [3.05, 3.63) is 77.9 Å². The molecule has 0 atom stereocenters. The molecule has 0 unspecified atom stereocenters. The van der Waals surface area contributed by atoms with Crippen LogP contribution in [0.25, 0.3) is 10.8 Å². The zero-order chi connectivity index (χ0) is 18.6. The van der Waals surface area contributed by atoms with Gasteiger partial charge in [0.25, 0.3) is 0 Å². The summed E-state index contributed by atoms with van der Waals surface area (Å²) in [6, 6.07) is 22.6. The fraction of sp³-hybridized carbons (Fsp3) is 0.261. The topological polar surface area (TPSA) is 40.3 Å². The first-order chi connectivity index (χ1) is 13.2. The Morgan fingerprint density at radius 1 is 0.963 bits per heavy atom. The molecule has 138 valence electrons. The van der Waals surface area contributed by atoms with E-state index in [1.807, 2.05) is 25.1 Å². The van der Waals surface area contributed by atoms with Crippen LogP contribution in [0.2, 0.25) is 0 Å². The lowest BCUT2D eigenvalue weighted by atomic mass is 10.0. The minimum atomic E-state index is 0.291. The van der Waals surface area contributed by atoms with E-state index in [4.69, 9.17) is 5.10 Å². The molecule has 0 radical (unpaired) electrons. The first-order valence-corrected chi connectivity index (χ1v) is 9.59. The van der Waals surface area contributed by atoms with Crippen molar-refractivity contribution in [2.24, 2.45) is 5.10 Å². The molecule has 1 saturated heterocycles. The van der Waals surface area contributed by atoms with E-state index in [1.54, 1.807) is 11.0 Å². The summed E-state index contributed by atoms with van der Waals surface area (Å²) in [4.78, 5) is 1.60. The molecule has 0 bridgehead atoms. The largest absolute Gasteiger partial charge is 0.507 e. The number of phenolic OH excluding ortho intramolecular Hbond substituents is 1. The maximum Gasteiger partial charge on any atom is 0.124 e. The lowest BCUT2D eigenvalue weighted by molar-refractivity contribution is -0.918. The molecule has 0 aliphatic carbocycles. The fourth-order valence-electron chi connectivity index (χ4n) is 3.85. The summed E-state index contributed by atoms with van der Waals surface area (Å²) in [7, 11) is 0. The minimum Gasteiger partial charge on any atom is -0.507 e. The van der Waals surface area contributed by atoms with Gasteiger partial charge in [0, 0.05) is 11.1 Å². The predicted molar refractivity (Wildman–Crippen MR) is 110 cm³/mol. The number of fused-ring (bicyclic) bond motifs is 1. The van der Waals surface area contributed by atoms with Crippen LogP contribution in [0.15, 0.2) is 71.8 Å². The monoisotopic (exact) mass is 360 g/mol. The number of piperazine rings is 1. The van der Waals surface area contributed by atoms with E-state index in [9.17, 15) is 5.11 Å². The molecule has 0 aromatic heterocycles. The maximum absolute atomic E-state index is 10.00. The minimum absolute atomic E-state index is 0.291.